The first kappa shape index (κ1) is 26.7. The molecular formula is C29H27F2N3O4. The minimum absolute atomic E-state index is 0.0995. The third kappa shape index (κ3) is 5.33. The fourth-order valence-corrected chi connectivity index (χ4v) is 3.72. The Labute approximate surface area is 218 Å². The zero-order valence-electron chi connectivity index (χ0n) is 21.7. The second-order valence-electron chi connectivity index (χ2n) is 9.41. The van der Waals surface area contributed by atoms with E-state index >= 15 is 0 Å². The molecule has 196 valence electrons. The summed E-state index contributed by atoms with van der Waals surface area (Å²) in [5, 5.41) is 14.9. The molecule has 0 aliphatic carbocycles. The van der Waals surface area contributed by atoms with Gasteiger partial charge in [0.1, 0.15) is 5.82 Å². The Kier molecular flexibility index (Phi) is 7.15. The summed E-state index contributed by atoms with van der Waals surface area (Å²) < 4.78 is 40.9. The van der Waals surface area contributed by atoms with Gasteiger partial charge in [-0.25, -0.2) is 8.78 Å². The zero-order chi connectivity index (χ0) is 27.8. The van der Waals surface area contributed by atoms with Crippen molar-refractivity contribution in [1.82, 2.24) is 14.7 Å². The lowest BCUT2D eigenvalue weighted by Gasteiger charge is -2.22. The van der Waals surface area contributed by atoms with E-state index in [9.17, 15) is 18.7 Å². The van der Waals surface area contributed by atoms with E-state index < -0.39 is 17.2 Å². The van der Waals surface area contributed by atoms with E-state index in [0.29, 0.717) is 45.2 Å². The molecule has 9 heteroatoms. The molecule has 0 fully saturated rings. The minimum Gasteiger partial charge on any atom is -0.452 e. The standard InChI is InChI=1S/C29H27F2N3O4/c1-7-25(37-26-11-9-20(30)14-22(26)31)24(12-17(3)29(5,6)36)34-15-16(2)27(35)21-10-8-19(13-23(21)34)28-32-18(4)33-38-28/h7-15,36H,1H2,2-6H3/b17-12+,25-24-. The van der Waals surface area contributed by atoms with E-state index in [4.69, 9.17) is 9.26 Å². The monoisotopic (exact) mass is 519 g/mol. The Morgan fingerprint density at radius 2 is 1.92 bits per heavy atom. The van der Waals surface area contributed by atoms with Crippen molar-refractivity contribution in [1.29, 1.82) is 0 Å². The number of pyridine rings is 1. The summed E-state index contributed by atoms with van der Waals surface area (Å²) in [6.07, 6.45) is 4.65. The highest BCUT2D eigenvalue weighted by atomic mass is 19.1. The van der Waals surface area contributed by atoms with E-state index in [1.807, 2.05) is 0 Å². The molecule has 0 atom stereocenters. The van der Waals surface area contributed by atoms with Crippen LogP contribution < -0.4 is 10.2 Å². The number of rotatable bonds is 7. The molecule has 0 aliphatic rings. The predicted octanol–water partition coefficient (Wildman–Crippen LogP) is 6.10. The van der Waals surface area contributed by atoms with Crippen molar-refractivity contribution < 1.29 is 23.1 Å². The SMILES string of the molecule is C=C/C(Oc1ccc(F)cc1F)=C(\C=C(/C)C(C)(C)O)n1cc(C)c(=O)c2ccc(-c3nc(C)no3)cc21. The zero-order valence-corrected chi connectivity index (χ0v) is 21.7. The van der Waals surface area contributed by atoms with Gasteiger partial charge < -0.3 is 18.9 Å². The average molecular weight is 520 g/mol. The molecule has 2 aromatic carbocycles. The van der Waals surface area contributed by atoms with E-state index in [-0.39, 0.29) is 22.8 Å². The van der Waals surface area contributed by atoms with Crippen molar-refractivity contribution in [3.05, 3.63) is 106 Å². The number of aryl methyl sites for hydroxylation is 2. The van der Waals surface area contributed by atoms with Crippen LogP contribution in [-0.2, 0) is 0 Å². The Hall–Kier alpha value is -4.37. The molecule has 2 aromatic heterocycles. The molecule has 4 aromatic rings. The van der Waals surface area contributed by atoms with Gasteiger partial charge in [0, 0.05) is 28.8 Å². The van der Waals surface area contributed by atoms with Crippen LogP contribution in [0.5, 0.6) is 5.75 Å². The largest absolute Gasteiger partial charge is 0.452 e. The number of aromatic nitrogens is 3. The number of benzene rings is 2. The molecule has 0 spiro atoms. The van der Waals surface area contributed by atoms with Gasteiger partial charge in [0.2, 0.25) is 0 Å². The molecule has 0 saturated carbocycles. The molecule has 4 rings (SSSR count). The van der Waals surface area contributed by atoms with Crippen molar-refractivity contribution >= 4 is 16.6 Å². The van der Waals surface area contributed by atoms with Crippen molar-refractivity contribution in [2.75, 3.05) is 0 Å². The van der Waals surface area contributed by atoms with E-state index in [2.05, 4.69) is 16.7 Å². The lowest BCUT2D eigenvalue weighted by atomic mass is 9.98. The van der Waals surface area contributed by atoms with Crippen LogP contribution in [0.25, 0.3) is 28.1 Å². The molecule has 0 bridgehead atoms. The van der Waals surface area contributed by atoms with Crippen molar-refractivity contribution in [3.8, 4) is 17.2 Å². The van der Waals surface area contributed by atoms with Crippen molar-refractivity contribution in [2.45, 2.75) is 40.2 Å². The molecule has 2 heterocycles. The summed E-state index contributed by atoms with van der Waals surface area (Å²) >= 11 is 0. The lowest BCUT2D eigenvalue weighted by Crippen LogP contribution is -2.21. The Balaban J connectivity index is 2.06. The fourth-order valence-electron chi connectivity index (χ4n) is 3.72. The van der Waals surface area contributed by atoms with Gasteiger partial charge in [0.25, 0.3) is 5.89 Å². The van der Waals surface area contributed by atoms with Crippen molar-refractivity contribution in [2.24, 2.45) is 0 Å². The molecule has 0 radical (unpaired) electrons. The van der Waals surface area contributed by atoms with Crippen LogP contribution in [0.15, 0.2) is 82.0 Å². The third-order valence-electron chi connectivity index (χ3n) is 6.09. The van der Waals surface area contributed by atoms with E-state index in [0.717, 1.165) is 6.07 Å². The number of fused-ring (bicyclic) bond motifs is 1. The summed E-state index contributed by atoms with van der Waals surface area (Å²) in [4.78, 5) is 17.3. The number of hydrogen-bond donors (Lipinski definition) is 1. The molecule has 0 saturated heterocycles. The van der Waals surface area contributed by atoms with E-state index in [1.165, 1.54) is 12.1 Å². The van der Waals surface area contributed by atoms with Crippen LogP contribution in [0.1, 0.15) is 32.2 Å². The highest BCUT2D eigenvalue weighted by Gasteiger charge is 2.20. The average Bonchev–Trinajstić information content (AvgIpc) is 3.30. The predicted molar refractivity (Wildman–Crippen MR) is 141 cm³/mol. The summed E-state index contributed by atoms with van der Waals surface area (Å²) in [6.45, 7) is 12.2. The van der Waals surface area contributed by atoms with Gasteiger partial charge in [0.15, 0.2) is 28.6 Å². The van der Waals surface area contributed by atoms with Gasteiger partial charge >= 0.3 is 0 Å². The van der Waals surface area contributed by atoms with Crippen LogP contribution in [0, 0.1) is 25.5 Å². The van der Waals surface area contributed by atoms with Gasteiger partial charge in [-0.1, -0.05) is 11.7 Å². The third-order valence-corrected chi connectivity index (χ3v) is 6.09. The van der Waals surface area contributed by atoms with Crippen LogP contribution >= 0.6 is 0 Å². The maximum atomic E-state index is 14.5. The molecule has 1 N–H and O–H groups in total. The highest BCUT2D eigenvalue weighted by molar-refractivity contribution is 5.87. The fraction of sp³-hybridized carbons (Fsp3) is 0.207. The summed E-state index contributed by atoms with van der Waals surface area (Å²) in [5.74, 6) is -1.05. The molecule has 0 aliphatic heterocycles. The first-order valence-corrected chi connectivity index (χ1v) is 11.8. The summed E-state index contributed by atoms with van der Waals surface area (Å²) in [7, 11) is 0. The minimum atomic E-state index is -1.21. The van der Waals surface area contributed by atoms with Crippen LogP contribution in [0.4, 0.5) is 8.78 Å². The summed E-state index contributed by atoms with van der Waals surface area (Å²) in [6, 6.07) is 8.05. The maximum Gasteiger partial charge on any atom is 0.257 e. The Bertz CT molecular complexity index is 1670. The van der Waals surface area contributed by atoms with E-state index in [1.54, 1.807) is 69.7 Å². The molecular weight excluding hydrogens is 492 g/mol. The lowest BCUT2D eigenvalue weighted by molar-refractivity contribution is 0.120. The van der Waals surface area contributed by atoms with Gasteiger partial charge in [-0.05, 0) is 82.7 Å². The Morgan fingerprint density at radius 3 is 2.53 bits per heavy atom. The van der Waals surface area contributed by atoms with Crippen LogP contribution in [0.2, 0.25) is 0 Å². The second-order valence-corrected chi connectivity index (χ2v) is 9.41. The smallest absolute Gasteiger partial charge is 0.257 e. The first-order valence-electron chi connectivity index (χ1n) is 11.8. The number of nitrogens with zero attached hydrogens (tertiary/aromatic N) is 3. The molecule has 0 unspecified atom stereocenters. The highest BCUT2D eigenvalue weighted by Crippen LogP contribution is 2.30. The molecule has 0 amide bonds. The molecule has 7 nitrogen and oxygen atoms in total. The molecule has 38 heavy (non-hydrogen) atoms. The quantitative estimate of drug-likeness (QED) is 0.235. The number of hydrogen-bond acceptors (Lipinski definition) is 6. The van der Waals surface area contributed by atoms with Gasteiger partial charge in [-0.15, -0.1) is 0 Å². The van der Waals surface area contributed by atoms with Gasteiger partial charge in [-0.3, -0.25) is 4.79 Å². The summed E-state index contributed by atoms with van der Waals surface area (Å²) in [5.41, 5.74) is 0.961. The van der Waals surface area contributed by atoms with Crippen LogP contribution in [0.3, 0.4) is 0 Å². The van der Waals surface area contributed by atoms with Gasteiger partial charge in [0.05, 0.1) is 16.8 Å². The number of ether oxygens (including phenoxy) is 1. The maximum absolute atomic E-state index is 14.5. The second kappa shape index (κ2) is 10.2. The van der Waals surface area contributed by atoms with Gasteiger partial charge in [-0.2, -0.15) is 4.98 Å². The number of aliphatic hydroxyl groups is 1. The van der Waals surface area contributed by atoms with Crippen LogP contribution in [-0.4, -0.2) is 25.4 Å². The Morgan fingerprint density at radius 1 is 1.18 bits per heavy atom. The number of halogens is 2. The first-order chi connectivity index (χ1) is 17.9. The normalized spacial score (nSPS) is 13.0. The number of allylic oxidation sites excluding steroid dienone is 3. The topological polar surface area (TPSA) is 90.4 Å². The van der Waals surface area contributed by atoms with Crippen molar-refractivity contribution in [3.63, 3.8) is 0 Å².